The molecule has 96 valence electrons. The average Bonchev–Trinajstić information content (AvgIpc) is 3.04. The van der Waals surface area contributed by atoms with Crippen LogP contribution in [0.3, 0.4) is 0 Å². The molecule has 18 heavy (non-hydrogen) atoms. The van der Waals surface area contributed by atoms with Gasteiger partial charge in [0.05, 0.1) is 6.20 Å². The Balaban J connectivity index is 1.99. The standard InChI is InChI=1S/C12H15N3OS2/c1-8(13-2)5-14-11(16)10-6-15-12(18-10)9-3-4-17-7-9/h3-4,6-8,13H,5H2,1-2H3,(H,14,16). The van der Waals surface area contributed by atoms with Gasteiger partial charge in [-0.05, 0) is 25.4 Å². The maximum atomic E-state index is 11.9. The van der Waals surface area contributed by atoms with Gasteiger partial charge in [0, 0.05) is 23.5 Å². The van der Waals surface area contributed by atoms with Crippen molar-refractivity contribution in [2.24, 2.45) is 0 Å². The lowest BCUT2D eigenvalue weighted by atomic mass is 10.3. The fraction of sp³-hybridized carbons (Fsp3) is 0.333. The summed E-state index contributed by atoms with van der Waals surface area (Å²) in [5, 5.41) is 10.9. The maximum absolute atomic E-state index is 11.9. The minimum Gasteiger partial charge on any atom is -0.350 e. The zero-order valence-corrected chi connectivity index (χ0v) is 11.9. The van der Waals surface area contributed by atoms with E-state index < -0.39 is 0 Å². The van der Waals surface area contributed by atoms with Crippen LogP contribution in [0, 0.1) is 0 Å². The van der Waals surface area contributed by atoms with Gasteiger partial charge in [-0.3, -0.25) is 4.79 Å². The van der Waals surface area contributed by atoms with Crippen molar-refractivity contribution >= 4 is 28.6 Å². The molecule has 6 heteroatoms. The average molecular weight is 281 g/mol. The highest BCUT2D eigenvalue weighted by Gasteiger charge is 2.12. The summed E-state index contributed by atoms with van der Waals surface area (Å²) < 4.78 is 0. The first-order valence-corrected chi connectivity index (χ1v) is 7.40. The van der Waals surface area contributed by atoms with Crippen LogP contribution >= 0.6 is 22.7 Å². The summed E-state index contributed by atoms with van der Waals surface area (Å²) in [7, 11) is 1.87. The van der Waals surface area contributed by atoms with Crippen LogP contribution in [0.2, 0.25) is 0 Å². The number of carbonyl (C=O) groups is 1. The monoisotopic (exact) mass is 281 g/mol. The number of aromatic nitrogens is 1. The van der Waals surface area contributed by atoms with Gasteiger partial charge in [-0.1, -0.05) is 0 Å². The molecule has 0 aromatic carbocycles. The molecule has 0 radical (unpaired) electrons. The molecule has 4 nitrogen and oxygen atoms in total. The lowest BCUT2D eigenvalue weighted by Gasteiger charge is -2.10. The van der Waals surface area contributed by atoms with Crippen molar-refractivity contribution in [1.82, 2.24) is 15.6 Å². The molecule has 2 rings (SSSR count). The van der Waals surface area contributed by atoms with Crippen LogP contribution in [0.1, 0.15) is 16.6 Å². The molecule has 2 aromatic rings. The van der Waals surface area contributed by atoms with Crippen molar-refractivity contribution < 1.29 is 4.79 Å². The maximum Gasteiger partial charge on any atom is 0.263 e. The number of nitrogens with one attached hydrogen (secondary N) is 2. The van der Waals surface area contributed by atoms with Crippen molar-refractivity contribution in [2.75, 3.05) is 13.6 Å². The molecule has 0 aliphatic carbocycles. The number of hydrogen-bond acceptors (Lipinski definition) is 5. The summed E-state index contributed by atoms with van der Waals surface area (Å²) >= 11 is 3.05. The van der Waals surface area contributed by atoms with E-state index in [1.54, 1.807) is 17.5 Å². The second-order valence-corrected chi connectivity index (χ2v) is 5.75. The van der Waals surface area contributed by atoms with Crippen molar-refractivity contribution in [1.29, 1.82) is 0 Å². The minimum atomic E-state index is -0.0592. The number of nitrogens with zero attached hydrogens (tertiary/aromatic N) is 1. The molecule has 1 amide bonds. The summed E-state index contributed by atoms with van der Waals surface area (Å²) in [5.74, 6) is -0.0592. The topological polar surface area (TPSA) is 54.0 Å². The Morgan fingerprint density at radius 2 is 2.39 bits per heavy atom. The number of rotatable bonds is 5. The summed E-state index contributed by atoms with van der Waals surface area (Å²) in [6.45, 7) is 2.63. The van der Waals surface area contributed by atoms with Crippen LogP contribution in [-0.4, -0.2) is 30.5 Å². The third-order valence-electron chi connectivity index (χ3n) is 2.56. The molecule has 0 saturated heterocycles. The number of amides is 1. The van der Waals surface area contributed by atoms with Crippen LogP contribution in [0.15, 0.2) is 23.0 Å². The van der Waals surface area contributed by atoms with Crippen molar-refractivity contribution in [2.45, 2.75) is 13.0 Å². The second kappa shape index (κ2) is 6.08. The number of carbonyl (C=O) groups excluding carboxylic acids is 1. The van der Waals surface area contributed by atoms with Gasteiger partial charge < -0.3 is 10.6 Å². The van der Waals surface area contributed by atoms with E-state index >= 15 is 0 Å². The van der Waals surface area contributed by atoms with E-state index in [0.29, 0.717) is 11.4 Å². The van der Waals surface area contributed by atoms with Gasteiger partial charge in [0.25, 0.3) is 5.91 Å². The quantitative estimate of drug-likeness (QED) is 0.883. The number of thiazole rings is 1. The Morgan fingerprint density at radius 1 is 1.56 bits per heavy atom. The van der Waals surface area contributed by atoms with Crippen LogP contribution in [0.5, 0.6) is 0 Å². The van der Waals surface area contributed by atoms with E-state index in [-0.39, 0.29) is 11.9 Å². The predicted molar refractivity (Wildman–Crippen MR) is 76.3 cm³/mol. The highest BCUT2D eigenvalue weighted by Crippen LogP contribution is 2.26. The third-order valence-corrected chi connectivity index (χ3v) is 4.29. The molecule has 0 aliphatic heterocycles. The zero-order valence-electron chi connectivity index (χ0n) is 10.3. The molecular weight excluding hydrogens is 266 g/mol. The summed E-state index contributed by atoms with van der Waals surface area (Å²) in [4.78, 5) is 16.8. The molecular formula is C12H15N3OS2. The number of thiophene rings is 1. The first kappa shape index (κ1) is 13.2. The zero-order chi connectivity index (χ0) is 13.0. The summed E-state index contributed by atoms with van der Waals surface area (Å²) in [6.07, 6.45) is 1.64. The first-order valence-electron chi connectivity index (χ1n) is 5.64. The summed E-state index contributed by atoms with van der Waals surface area (Å²) in [5.41, 5.74) is 1.08. The van der Waals surface area contributed by atoms with Gasteiger partial charge in [-0.15, -0.1) is 11.3 Å². The Bertz CT molecular complexity index is 507. The molecule has 2 N–H and O–H groups in total. The summed E-state index contributed by atoms with van der Waals surface area (Å²) in [6, 6.07) is 2.27. The van der Waals surface area contributed by atoms with Gasteiger partial charge in [0.15, 0.2) is 0 Å². The molecule has 1 atom stereocenters. The van der Waals surface area contributed by atoms with Crippen LogP contribution < -0.4 is 10.6 Å². The van der Waals surface area contributed by atoms with E-state index in [1.165, 1.54) is 11.3 Å². The highest BCUT2D eigenvalue weighted by atomic mass is 32.1. The largest absolute Gasteiger partial charge is 0.350 e. The van der Waals surface area contributed by atoms with Gasteiger partial charge in [-0.25, -0.2) is 4.98 Å². The number of likely N-dealkylation sites (N-methyl/N-ethyl adjacent to an activating group) is 1. The van der Waals surface area contributed by atoms with Crippen LogP contribution in [-0.2, 0) is 0 Å². The fourth-order valence-electron chi connectivity index (χ4n) is 1.33. The molecule has 2 aromatic heterocycles. The van der Waals surface area contributed by atoms with E-state index in [2.05, 4.69) is 15.6 Å². The molecule has 0 bridgehead atoms. The molecule has 0 aliphatic rings. The lowest BCUT2D eigenvalue weighted by molar-refractivity contribution is 0.0954. The molecule has 0 saturated carbocycles. The normalized spacial score (nSPS) is 12.3. The number of hydrogen-bond donors (Lipinski definition) is 2. The van der Waals surface area contributed by atoms with Crippen LogP contribution in [0.4, 0.5) is 0 Å². The van der Waals surface area contributed by atoms with Gasteiger partial charge >= 0.3 is 0 Å². The third kappa shape index (κ3) is 3.16. The Labute approximate surface area is 114 Å². The Hall–Kier alpha value is -1.24. The van der Waals surface area contributed by atoms with Gasteiger partial charge in [0.1, 0.15) is 9.88 Å². The second-order valence-electron chi connectivity index (χ2n) is 3.94. The smallest absolute Gasteiger partial charge is 0.263 e. The van der Waals surface area contributed by atoms with Crippen molar-refractivity contribution in [3.63, 3.8) is 0 Å². The highest BCUT2D eigenvalue weighted by molar-refractivity contribution is 7.17. The van der Waals surface area contributed by atoms with Crippen molar-refractivity contribution in [3.05, 3.63) is 27.9 Å². The minimum absolute atomic E-state index is 0.0592. The van der Waals surface area contributed by atoms with Gasteiger partial charge in [-0.2, -0.15) is 11.3 Å². The van der Waals surface area contributed by atoms with Crippen molar-refractivity contribution in [3.8, 4) is 10.6 Å². The Kier molecular flexibility index (Phi) is 4.46. The first-order chi connectivity index (χ1) is 8.70. The molecule has 0 spiro atoms. The van der Waals surface area contributed by atoms with Crippen LogP contribution in [0.25, 0.3) is 10.6 Å². The molecule has 1 unspecified atom stereocenters. The lowest BCUT2D eigenvalue weighted by Crippen LogP contribution is -2.36. The molecule has 0 fully saturated rings. The molecule has 2 heterocycles. The van der Waals surface area contributed by atoms with E-state index in [1.807, 2.05) is 30.8 Å². The van der Waals surface area contributed by atoms with E-state index in [0.717, 1.165) is 10.6 Å². The fourth-order valence-corrected chi connectivity index (χ4v) is 2.88. The predicted octanol–water partition coefficient (Wildman–Crippen LogP) is 2.21. The van der Waals surface area contributed by atoms with Gasteiger partial charge in [0.2, 0.25) is 0 Å². The van der Waals surface area contributed by atoms with E-state index in [4.69, 9.17) is 0 Å². The van der Waals surface area contributed by atoms with E-state index in [9.17, 15) is 4.79 Å². The Morgan fingerprint density at radius 3 is 3.06 bits per heavy atom. The SMILES string of the molecule is CNC(C)CNC(=O)c1cnc(-c2ccsc2)s1.